The first-order valence-corrected chi connectivity index (χ1v) is 18.3. The van der Waals surface area contributed by atoms with Gasteiger partial charge in [-0.25, -0.2) is 4.57 Å². The number of ether oxygens (including phenoxy) is 2. The molecule has 0 bridgehead atoms. The van der Waals surface area contributed by atoms with Crippen molar-refractivity contribution in [2.75, 3.05) is 26.4 Å². The Kier molecular flexibility index (Phi) is 20.0. The summed E-state index contributed by atoms with van der Waals surface area (Å²) >= 11 is 1.58. The van der Waals surface area contributed by atoms with Gasteiger partial charge in [0.15, 0.2) is 12.7 Å². The lowest BCUT2D eigenvalue weighted by Gasteiger charge is -2.20. The predicted octanol–water partition coefficient (Wildman–Crippen LogP) is 9.04. The largest absolute Gasteiger partial charge is 0.527 e. The van der Waals surface area contributed by atoms with Gasteiger partial charge in [-0.3, -0.25) is 9.42 Å². The minimum absolute atomic E-state index is 0.124. The van der Waals surface area contributed by atoms with Crippen molar-refractivity contribution >= 4 is 19.2 Å². The second-order valence-electron chi connectivity index (χ2n) is 11.2. The van der Waals surface area contributed by atoms with Gasteiger partial charge in [0, 0.05) is 6.61 Å². The van der Waals surface area contributed by atoms with E-state index >= 15 is 0 Å². The van der Waals surface area contributed by atoms with Crippen LogP contribution in [-0.2, 0) is 25.1 Å². The monoisotopic (exact) mass is 624 g/mol. The van der Waals surface area contributed by atoms with E-state index in [1.165, 1.54) is 77.0 Å². The Morgan fingerprint density at radius 3 is 2.17 bits per heavy atom. The molecule has 7 nitrogen and oxygen atoms in total. The molecule has 2 aromatic rings. The predicted molar refractivity (Wildman–Crippen MR) is 172 cm³/mol. The maximum absolute atomic E-state index is 12.8. The first-order valence-electron chi connectivity index (χ1n) is 15.9. The summed E-state index contributed by atoms with van der Waals surface area (Å²) in [4.78, 5) is 10.4. The number of para-hydroxylation sites is 1. The molecule has 1 aromatic carbocycles. The lowest BCUT2D eigenvalue weighted by atomic mass is 10.0. The van der Waals surface area contributed by atoms with Crippen LogP contribution in [0.2, 0.25) is 0 Å². The summed E-state index contributed by atoms with van der Waals surface area (Å²) in [5.41, 5.74) is 3.61. The molecule has 0 radical (unpaired) electrons. The molecule has 0 aliphatic heterocycles. The molecule has 42 heavy (non-hydrogen) atoms. The van der Waals surface area contributed by atoms with E-state index < -0.39 is 13.9 Å². The standard InChI is InChI=1S/C33H54NO6PS/c1-4-5-6-7-8-9-10-11-12-13-14-15-16-19-23-37-27-32(38-26-30(2)3)28-39-41(35,36)40-33-21-18-17-20-31(33)25-34-22-24-42-29-34/h17-18,20-22,24,29,32H,2,4-16,19,23,25-28H2,1,3H3/p+1. The third-order valence-electron chi connectivity index (χ3n) is 7.00. The molecule has 0 spiro atoms. The van der Waals surface area contributed by atoms with Gasteiger partial charge in [-0.15, -0.1) is 0 Å². The van der Waals surface area contributed by atoms with Crippen LogP contribution in [-0.4, -0.2) is 37.4 Å². The molecule has 1 heterocycles. The summed E-state index contributed by atoms with van der Waals surface area (Å²) < 4.78 is 37.3. The van der Waals surface area contributed by atoms with Crippen LogP contribution in [0.5, 0.6) is 5.75 Å². The summed E-state index contributed by atoms with van der Waals surface area (Å²) in [5.74, 6) is 0.315. The Labute approximate surface area is 258 Å². The molecule has 238 valence electrons. The second-order valence-corrected chi connectivity index (χ2v) is 13.4. The molecule has 0 fully saturated rings. The highest BCUT2D eigenvalue weighted by molar-refractivity contribution is 7.47. The van der Waals surface area contributed by atoms with Gasteiger partial charge in [-0.1, -0.05) is 126 Å². The number of hydrogen-bond donors (Lipinski definition) is 1. The molecule has 9 heteroatoms. The highest BCUT2D eigenvalue weighted by Crippen LogP contribution is 2.45. The summed E-state index contributed by atoms with van der Waals surface area (Å²) in [6.45, 7) is 9.65. The fourth-order valence-electron chi connectivity index (χ4n) is 4.62. The number of phosphoric ester groups is 1. The molecule has 0 saturated heterocycles. The van der Waals surface area contributed by atoms with Gasteiger partial charge in [0.25, 0.3) is 0 Å². The zero-order chi connectivity index (χ0) is 30.3. The molecular formula is C33H55NO6PS+. The van der Waals surface area contributed by atoms with E-state index in [9.17, 15) is 9.46 Å². The van der Waals surface area contributed by atoms with Crippen LogP contribution >= 0.6 is 19.2 Å². The molecule has 2 rings (SSSR count). The van der Waals surface area contributed by atoms with E-state index in [0.29, 0.717) is 25.5 Å². The minimum Gasteiger partial charge on any atom is -0.404 e. The van der Waals surface area contributed by atoms with Crippen LogP contribution in [0.3, 0.4) is 0 Å². The fraction of sp³-hybridized carbons (Fsp3) is 0.667. The van der Waals surface area contributed by atoms with E-state index in [1.807, 2.05) is 40.7 Å². The van der Waals surface area contributed by atoms with Gasteiger partial charge in [-0.05, 0) is 25.5 Å². The van der Waals surface area contributed by atoms with Crippen molar-refractivity contribution in [2.45, 2.75) is 116 Å². The third kappa shape index (κ3) is 18.2. The lowest BCUT2D eigenvalue weighted by molar-refractivity contribution is -0.683. The van der Waals surface area contributed by atoms with Crippen molar-refractivity contribution in [3.8, 4) is 5.75 Å². The van der Waals surface area contributed by atoms with Crippen molar-refractivity contribution in [3.05, 3.63) is 59.1 Å². The van der Waals surface area contributed by atoms with Crippen molar-refractivity contribution in [1.82, 2.24) is 0 Å². The molecule has 1 N–H and O–H groups in total. The molecular weight excluding hydrogens is 569 g/mol. The maximum atomic E-state index is 12.8. The molecule has 1 aromatic heterocycles. The van der Waals surface area contributed by atoms with Crippen LogP contribution < -0.4 is 9.09 Å². The van der Waals surface area contributed by atoms with Crippen LogP contribution in [0.25, 0.3) is 0 Å². The van der Waals surface area contributed by atoms with E-state index in [1.54, 1.807) is 23.5 Å². The van der Waals surface area contributed by atoms with Gasteiger partial charge >= 0.3 is 7.82 Å². The van der Waals surface area contributed by atoms with Crippen molar-refractivity contribution < 1.29 is 32.5 Å². The summed E-state index contributed by atoms with van der Waals surface area (Å²) in [5, 5.41) is 1.97. The number of hydrogen-bond acceptors (Lipinski definition) is 6. The van der Waals surface area contributed by atoms with Crippen molar-refractivity contribution in [2.24, 2.45) is 0 Å². The third-order valence-corrected chi connectivity index (χ3v) is 8.58. The SMILES string of the molecule is C=C(C)COC(COCCCCCCCCCCCCCCCC)COP(=O)(O)Oc1ccccc1C[n+]1ccsc1. The second kappa shape index (κ2) is 22.9. The molecule has 2 atom stereocenters. The lowest BCUT2D eigenvalue weighted by Crippen LogP contribution is -2.30. The summed E-state index contributed by atoms with van der Waals surface area (Å²) in [7, 11) is -4.37. The average Bonchev–Trinajstić information content (AvgIpc) is 3.48. The van der Waals surface area contributed by atoms with Gasteiger partial charge in [0.1, 0.15) is 11.9 Å². The van der Waals surface area contributed by atoms with E-state index in [0.717, 1.165) is 24.0 Å². The fourth-order valence-corrected chi connectivity index (χ4v) is 6.05. The topological polar surface area (TPSA) is 78.1 Å². The van der Waals surface area contributed by atoms with Gasteiger partial charge in [0.05, 0.1) is 30.8 Å². The number of nitrogens with zero attached hydrogens (tertiary/aromatic N) is 1. The zero-order valence-corrected chi connectivity index (χ0v) is 27.8. The summed E-state index contributed by atoms with van der Waals surface area (Å²) in [6.07, 6.45) is 19.9. The van der Waals surface area contributed by atoms with Crippen LogP contribution in [0.15, 0.2) is 53.5 Å². The number of benzene rings is 1. The van der Waals surface area contributed by atoms with Gasteiger partial charge < -0.3 is 14.0 Å². The number of unbranched alkanes of at least 4 members (excludes halogenated alkanes) is 13. The molecule has 0 aliphatic carbocycles. The number of aromatic nitrogens is 1. The van der Waals surface area contributed by atoms with Gasteiger partial charge in [-0.2, -0.15) is 4.57 Å². The molecule has 0 saturated carbocycles. The van der Waals surface area contributed by atoms with Crippen LogP contribution in [0.4, 0.5) is 0 Å². The van der Waals surface area contributed by atoms with Gasteiger partial charge in [0.2, 0.25) is 5.51 Å². The Balaban J connectivity index is 1.61. The zero-order valence-electron chi connectivity index (χ0n) is 26.1. The first-order chi connectivity index (χ1) is 20.4. The highest BCUT2D eigenvalue weighted by Gasteiger charge is 2.27. The average molecular weight is 625 g/mol. The minimum atomic E-state index is -4.37. The van der Waals surface area contributed by atoms with Crippen molar-refractivity contribution in [3.63, 3.8) is 0 Å². The molecule has 0 amide bonds. The van der Waals surface area contributed by atoms with E-state index in [4.69, 9.17) is 18.5 Å². The Morgan fingerprint density at radius 2 is 1.57 bits per heavy atom. The number of thiazole rings is 1. The maximum Gasteiger partial charge on any atom is 0.527 e. The van der Waals surface area contributed by atoms with Crippen molar-refractivity contribution in [1.29, 1.82) is 0 Å². The quantitative estimate of drug-likeness (QED) is 0.0463. The molecule has 0 aliphatic rings. The summed E-state index contributed by atoms with van der Waals surface area (Å²) in [6, 6.07) is 7.17. The first kappa shape index (κ1) is 36.7. The Bertz CT molecular complexity index is 1000. The van der Waals surface area contributed by atoms with E-state index in [2.05, 4.69) is 13.5 Å². The van der Waals surface area contributed by atoms with Crippen LogP contribution in [0, 0.1) is 0 Å². The smallest absolute Gasteiger partial charge is 0.404 e. The number of phosphoric acid groups is 1. The highest BCUT2D eigenvalue weighted by atomic mass is 32.1. The normalized spacial score (nSPS) is 13.6. The number of rotatable bonds is 27. The van der Waals surface area contributed by atoms with Crippen LogP contribution in [0.1, 0.15) is 109 Å². The van der Waals surface area contributed by atoms with E-state index in [-0.39, 0.29) is 13.2 Å². The Morgan fingerprint density at radius 1 is 0.952 bits per heavy atom. The Hall–Kier alpha value is -1.54. The molecule has 2 unspecified atom stereocenters.